The van der Waals surface area contributed by atoms with Crippen LogP contribution in [0.2, 0.25) is 0 Å². The highest BCUT2D eigenvalue weighted by Gasteiger charge is 2.48. The van der Waals surface area contributed by atoms with Crippen molar-refractivity contribution in [3.63, 3.8) is 0 Å². The van der Waals surface area contributed by atoms with E-state index >= 15 is 0 Å². The van der Waals surface area contributed by atoms with Gasteiger partial charge in [0, 0.05) is 12.3 Å². The highest BCUT2D eigenvalue weighted by molar-refractivity contribution is 7.92. The first-order valence-electron chi connectivity index (χ1n) is 7.91. The maximum Gasteiger partial charge on any atom is 0.165 e. The van der Waals surface area contributed by atoms with Crippen LogP contribution in [0, 0.1) is 5.92 Å². The van der Waals surface area contributed by atoms with Crippen LogP contribution in [0.25, 0.3) is 0 Å². The van der Waals surface area contributed by atoms with Crippen LogP contribution in [0.3, 0.4) is 0 Å². The SMILES string of the molecule is CC[C@@H]1C(=O)C[C@@H](c2ccccc2)S(=O)(=O)[C@@H]1c1ccccc1. The third-order valence-electron chi connectivity index (χ3n) is 4.66. The number of Topliss-reactive ketones (excluding diaryl/α,β-unsaturated/α-hetero) is 1. The highest BCUT2D eigenvalue weighted by Crippen LogP contribution is 2.47. The highest BCUT2D eigenvalue weighted by atomic mass is 32.2. The molecule has 23 heavy (non-hydrogen) atoms. The second-order valence-corrected chi connectivity index (χ2v) is 8.26. The number of benzene rings is 2. The Morgan fingerprint density at radius 3 is 1.96 bits per heavy atom. The molecule has 1 heterocycles. The van der Waals surface area contributed by atoms with Gasteiger partial charge in [-0.25, -0.2) is 8.42 Å². The van der Waals surface area contributed by atoms with Crippen molar-refractivity contribution in [1.29, 1.82) is 0 Å². The Morgan fingerprint density at radius 2 is 1.43 bits per heavy atom. The molecule has 120 valence electrons. The molecular formula is C19H20O3S. The molecule has 1 aliphatic heterocycles. The summed E-state index contributed by atoms with van der Waals surface area (Å²) in [5, 5.41) is -1.50. The van der Waals surface area contributed by atoms with Crippen molar-refractivity contribution in [2.24, 2.45) is 5.92 Å². The Kier molecular flexibility index (Phi) is 4.35. The summed E-state index contributed by atoms with van der Waals surface area (Å²) in [7, 11) is -3.49. The number of sulfone groups is 1. The molecule has 4 heteroatoms. The van der Waals surface area contributed by atoms with E-state index in [1.165, 1.54) is 0 Å². The number of rotatable bonds is 3. The van der Waals surface area contributed by atoms with E-state index in [4.69, 9.17) is 0 Å². The lowest BCUT2D eigenvalue weighted by atomic mass is 9.88. The van der Waals surface area contributed by atoms with Gasteiger partial charge in [-0.15, -0.1) is 0 Å². The zero-order valence-electron chi connectivity index (χ0n) is 13.1. The monoisotopic (exact) mass is 328 g/mol. The molecule has 0 radical (unpaired) electrons. The molecule has 2 aromatic carbocycles. The minimum Gasteiger partial charge on any atom is -0.299 e. The summed E-state index contributed by atoms with van der Waals surface area (Å²) in [4.78, 5) is 12.6. The van der Waals surface area contributed by atoms with Gasteiger partial charge < -0.3 is 0 Å². The second-order valence-electron chi connectivity index (χ2n) is 6.00. The van der Waals surface area contributed by atoms with E-state index in [1.807, 2.05) is 55.5 Å². The molecule has 3 rings (SSSR count). The maximum atomic E-state index is 13.3. The second kappa shape index (κ2) is 6.28. The van der Waals surface area contributed by atoms with E-state index in [9.17, 15) is 13.2 Å². The summed E-state index contributed by atoms with van der Waals surface area (Å²) in [6.45, 7) is 1.89. The topological polar surface area (TPSA) is 51.2 Å². The predicted octanol–water partition coefficient (Wildman–Crippen LogP) is 3.88. The Balaban J connectivity index is 2.13. The van der Waals surface area contributed by atoms with Gasteiger partial charge in [0.25, 0.3) is 0 Å². The summed E-state index contributed by atoms with van der Waals surface area (Å²) < 4.78 is 26.6. The molecule has 1 fully saturated rings. The number of hydrogen-bond acceptors (Lipinski definition) is 3. The number of hydrogen-bond donors (Lipinski definition) is 0. The molecule has 3 nitrogen and oxygen atoms in total. The lowest BCUT2D eigenvalue weighted by Gasteiger charge is -2.35. The molecular weight excluding hydrogens is 308 g/mol. The minimum atomic E-state index is -3.49. The van der Waals surface area contributed by atoms with Crippen LogP contribution in [0.15, 0.2) is 60.7 Å². The van der Waals surface area contributed by atoms with Crippen LogP contribution in [0.5, 0.6) is 0 Å². The van der Waals surface area contributed by atoms with Gasteiger partial charge in [-0.2, -0.15) is 0 Å². The molecule has 0 bridgehead atoms. The first kappa shape index (κ1) is 15.9. The number of carbonyl (C=O) groups excluding carboxylic acids is 1. The van der Waals surface area contributed by atoms with Gasteiger partial charge in [-0.3, -0.25) is 4.79 Å². The van der Waals surface area contributed by atoms with E-state index in [1.54, 1.807) is 12.1 Å². The summed E-state index contributed by atoms with van der Waals surface area (Å²) in [6.07, 6.45) is 0.618. The van der Waals surface area contributed by atoms with Gasteiger partial charge in [0.1, 0.15) is 5.78 Å². The minimum absolute atomic E-state index is 0.0463. The maximum absolute atomic E-state index is 13.3. The Bertz CT molecular complexity index is 782. The lowest BCUT2D eigenvalue weighted by molar-refractivity contribution is -0.123. The van der Waals surface area contributed by atoms with E-state index in [0.29, 0.717) is 17.5 Å². The van der Waals surface area contributed by atoms with Crippen LogP contribution >= 0.6 is 0 Å². The van der Waals surface area contributed by atoms with Crippen molar-refractivity contribution in [1.82, 2.24) is 0 Å². The van der Waals surface area contributed by atoms with Gasteiger partial charge in [0.2, 0.25) is 0 Å². The summed E-state index contributed by atoms with van der Waals surface area (Å²) in [5.41, 5.74) is 1.42. The smallest absolute Gasteiger partial charge is 0.165 e. The van der Waals surface area contributed by atoms with Gasteiger partial charge in [0.15, 0.2) is 9.84 Å². The zero-order valence-corrected chi connectivity index (χ0v) is 13.9. The van der Waals surface area contributed by atoms with Crippen molar-refractivity contribution in [3.05, 3.63) is 71.8 Å². The normalized spacial score (nSPS) is 26.8. The molecule has 0 saturated carbocycles. The fraction of sp³-hybridized carbons (Fsp3) is 0.316. The molecule has 0 N–H and O–H groups in total. The quantitative estimate of drug-likeness (QED) is 0.859. The molecule has 1 aliphatic rings. The van der Waals surface area contributed by atoms with Crippen LogP contribution in [0.1, 0.15) is 41.4 Å². The van der Waals surface area contributed by atoms with E-state index in [-0.39, 0.29) is 12.2 Å². The summed E-state index contributed by atoms with van der Waals surface area (Å²) >= 11 is 0. The van der Waals surface area contributed by atoms with Crippen LogP contribution in [-0.4, -0.2) is 14.2 Å². The average Bonchev–Trinajstić information content (AvgIpc) is 2.57. The zero-order chi connectivity index (χ0) is 16.4. The molecule has 3 atom stereocenters. The first-order chi connectivity index (χ1) is 11.1. The largest absolute Gasteiger partial charge is 0.299 e. The van der Waals surface area contributed by atoms with Crippen LogP contribution < -0.4 is 0 Å². The molecule has 2 aromatic rings. The fourth-order valence-electron chi connectivity index (χ4n) is 3.51. The van der Waals surface area contributed by atoms with Crippen molar-refractivity contribution in [2.45, 2.75) is 30.3 Å². The van der Waals surface area contributed by atoms with Gasteiger partial charge in [-0.1, -0.05) is 67.6 Å². The van der Waals surface area contributed by atoms with Crippen molar-refractivity contribution in [2.75, 3.05) is 0 Å². The van der Waals surface area contributed by atoms with Gasteiger partial charge in [0.05, 0.1) is 10.5 Å². The molecule has 0 aliphatic carbocycles. The molecule has 0 amide bonds. The van der Waals surface area contributed by atoms with Gasteiger partial charge in [-0.05, 0) is 17.5 Å². The van der Waals surface area contributed by atoms with Crippen LogP contribution in [0.4, 0.5) is 0 Å². The van der Waals surface area contributed by atoms with Crippen molar-refractivity contribution in [3.8, 4) is 0 Å². The third-order valence-corrected chi connectivity index (χ3v) is 7.20. The van der Waals surface area contributed by atoms with Crippen molar-refractivity contribution < 1.29 is 13.2 Å². The lowest BCUT2D eigenvalue weighted by Crippen LogP contribution is -2.38. The average molecular weight is 328 g/mol. The molecule has 0 unspecified atom stereocenters. The first-order valence-corrected chi connectivity index (χ1v) is 9.52. The predicted molar refractivity (Wildman–Crippen MR) is 90.7 cm³/mol. The molecule has 1 saturated heterocycles. The van der Waals surface area contributed by atoms with Crippen molar-refractivity contribution >= 4 is 15.6 Å². The Morgan fingerprint density at radius 1 is 0.913 bits per heavy atom. The number of ketones is 1. The molecule has 0 spiro atoms. The van der Waals surface area contributed by atoms with Gasteiger partial charge >= 0.3 is 0 Å². The third kappa shape index (κ3) is 2.83. The summed E-state index contributed by atoms with van der Waals surface area (Å²) in [6, 6.07) is 18.2. The molecule has 0 aromatic heterocycles. The fourth-order valence-corrected chi connectivity index (χ4v) is 6.13. The number of carbonyl (C=O) groups is 1. The van der Waals surface area contributed by atoms with E-state index in [2.05, 4.69) is 0 Å². The van der Waals surface area contributed by atoms with Crippen LogP contribution in [-0.2, 0) is 14.6 Å². The Labute approximate surface area is 137 Å². The Hall–Kier alpha value is -1.94. The standard InChI is InChI=1S/C19H20O3S/c1-2-16-17(20)13-18(14-9-5-3-6-10-14)23(21,22)19(16)15-11-7-4-8-12-15/h3-12,16,18-19H,2,13H2,1H3/t16-,18+,19-/m1/s1. The van der Waals surface area contributed by atoms with E-state index in [0.717, 1.165) is 0 Å². The van der Waals surface area contributed by atoms with E-state index < -0.39 is 26.3 Å². The summed E-state index contributed by atoms with van der Waals surface area (Å²) in [5.74, 6) is -0.410.